The average Bonchev–Trinajstić information content (AvgIpc) is 3.12. The predicted octanol–water partition coefficient (Wildman–Crippen LogP) is 2.95. The lowest BCUT2D eigenvalue weighted by Gasteiger charge is -2.28. The van der Waals surface area contributed by atoms with Gasteiger partial charge in [0.2, 0.25) is 5.91 Å². The molecule has 0 aliphatic carbocycles. The van der Waals surface area contributed by atoms with Gasteiger partial charge in [-0.1, -0.05) is 13.8 Å². The van der Waals surface area contributed by atoms with Crippen LogP contribution < -0.4 is 10.6 Å². The smallest absolute Gasteiger partial charge is 0.407 e. The van der Waals surface area contributed by atoms with E-state index in [2.05, 4.69) is 10.6 Å². The molecule has 4 amide bonds. The van der Waals surface area contributed by atoms with Crippen LogP contribution in [0, 0.1) is 0 Å². The number of hydrogen-bond acceptors (Lipinski definition) is 7. The minimum atomic E-state index is -0.508. The summed E-state index contributed by atoms with van der Waals surface area (Å²) in [6.07, 6.45) is 4.44. The van der Waals surface area contributed by atoms with E-state index in [9.17, 15) is 19.2 Å². The van der Waals surface area contributed by atoms with E-state index in [1.807, 2.05) is 41.5 Å². The normalized spacial score (nSPS) is 13.4. The third kappa shape index (κ3) is 15.2. The number of hydrogen-bond donors (Lipinski definition) is 2. The fraction of sp³-hybridized carbons (Fsp3) is 0.760. The SMILES string of the molecule is CC.COC(C)(C)CCOC(C)(C)CCOC(=O)NCCCNC(=O)CCCN1C(=O)C=CC1=O. The van der Waals surface area contributed by atoms with Gasteiger partial charge in [-0.2, -0.15) is 0 Å². The van der Waals surface area contributed by atoms with Crippen LogP contribution in [0.15, 0.2) is 12.2 Å². The van der Waals surface area contributed by atoms with Crippen LogP contribution in [0.2, 0.25) is 0 Å². The first-order valence-electron chi connectivity index (χ1n) is 12.4. The molecule has 1 aliphatic rings. The molecule has 2 N–H and O–H groups in total. The highest BCUT2D eigenvalue weighted by Crippen LogP contribution is 2.18. The van der Waals surface area contributed by atoms with Gasteiger partial charge in [0.05, 0.1) is 24.4 Å². The molecule has 1 aliphatic heterocycles. The van der Waals surface area contributed by atoms with Crippen LogP contribution in [0.1, 0.15) is 73.6 Å². The van der Waals surface area contributed by atoms with Crippen molar-refractivity contribution in [3.8, 4) is 0 Å². The van der Waals surface area contributed by atoms with Gasteiger partial charge < -0.3 is 24.8 Å². The molecule has 0 fully saturated rings. The molecule has 0 saturated heterocycles. The second-order valence-corrected chi connectivity index (χ2v) is 9.10. The third-order valence-corrected chi connectivity index (χ3v) is 5.32. The molecule has 0 saturated carbocycles. The number of carbonyl (C=O) groups excluding carboxylic acids is 4. The van der Waals surface area contributed by atoms with Crippen LogP contribution in [-0.4, -0.2) is 79.9 Å². The molecule has 0 aromatic carbocycles. The van der Waals surface area contributed by atoms with E-state index in [-0.39, 0.29) is 42.9 Å². The Hall–Kier alpha value is -2.46. The van der Waals surface area contributed by atoms with Crippen molar-refractivity contribution in [1.29, 1.82) is 0 Å². The zero-order valence-corrected chi connectivity index (χ0v) is 22.5. The van der Waals surface area contributed by atoms with Gasteiger partial charge in [0.25, 0.3) is 11.8 Å². The molecule has 0 bridgehead atoms. The summed E-state index contributed by atoms with van der Waals surface area (Å²) >= 11 is 0. The van der Waals surface area contributed by atoms with Gasteiger partial charge in [-0.15, -0.1) is 0 Å². The number of carbonyl (C=O) groups is 4. The van der Waals surface area contributed by atoms with Crippen molar-refractivity contribution in [1.82, 2.24) is 15.5 Å². The lowest BCUT2D eigenvalue weighted by Crippen LogP contribution is -2.33. The van der Waals surface area contributed by atoms with E-state index in [0.717, 1.165) is 11.3 Å². The van der Waals surface area contributed by atoms with E-state index in [1.54, 1.807) is 7.11 Å². The van der Waals surface area contributed by atoms with Crippen LogP contribution in [0.5, 0.6) is 0 Å². The summed E-state index contributed by atoms with van der Waals surface area (Å²) in [6.45, 7) is 13.7. The molecule has 0 radical (unpaired) electrons. The highest BCUT2D eigenvalue weighted by molar-refractivity contribution is 6.12. The summed E-state index contributed by atoms with van der Waals surface area (Å²) < 4.78 is 16.4. The molecule has 1 heterocycles. The zero-order chi connectivity index (χ0) is 26.9. The first-order valence-corrected chi connectivity index (χ1v) is 12.4. The van der Waals surface area contributed by atoms with E-state index < -0.39 is 11.7 Å². The van der Waals surface area contributed by atoms with Gasteiger partial charge in [-0.25, -0.2) is 4.79 Å². The number of amides is 4. The Balaban J connectivity index is 0.00000562. The van der Waals surface area contributed by atoms with Crippen molar-refractivity contribution in [2.75, 3.05) is 40.0 Å². The Labute approximate surface area is 210 Å². The summed E-state index contributed by atoms with van der Waals surface area (Å²) in [5.41, 5.74) is -0.654. The van der Waals surface area contributed by atoms with E-state index in [1.165, 1.54) is 12.2 Å². The van der Waals surface area contributed by atoms with Crippen molar-refractivity contribution in [3.05, 3.63) is 12.2 Å². The fourth-order valence-corrected chi connectivity index (χ4v) is 2.83. The summed E-state index contributed by atoms with van der Waals surface area (Å²) in [7, 11) is 1.67. The minimum absolute atomic E-state index is 0.166. The van der Waals surface area contributed by atoms with Crippen molar-refractivity contribution < 1.29 is 33.4 Å². The van der Waals surface area contributed by atoms with Crippen LogP contribution in [0.3, 0.4) is 0 Å². The molecule has 10 heteroatoms. The highest BCUT2D eigenvalue weighted by Gasteiger charge is 2.23. The second-order valence-electron chi connectivity index (χ2n) is 9.10. The van der Waals surface area contributed by atoms with E-state index >= 15 is 0 Å². The van der Waals surface area contributed by atoms with Gasteiger partial charge in [-0.3, -0.25) is 19.3 Å². The number of imide groups is 1. The molecule has 10 nitrogen and oxygen atoms in total. The van der Waals surface area contributed by atoms with E-state index in [0.29, 0.717) is 39.0 Å². The first-order chi connectivity index (χ1) is 16.5. The molecule has 35 heavy (non-hydrogen) atoms. The molecule has 1 rings (SSSR count). The summed E-state index contributed by atoms with van der Waals surface area (Å²) in [6, 6.07) is 0. The molecule has 0 aromatic heterocycles. The van der Waals surface area contributed by atoms with Crippen LogP contribution in [0.25, 0.3) is 0 Å². The van der Waals surface area contributed by atoms with Crippen LogP contribution >= 0.6 is 0 Å². The number of nitrogens with zero attached hydrogens (tertiary/aromatic N) is 1. The Kier molecular flexibility index (Phi) is 15.8. The molecule has 0 atom stereocenters. The summed E-state index contributed by atoms with van der Waals surface area (Å²) in [5, 5.41) is 5.39. The zero-order valence-electron chi connectivity index (χ0n) is 22.5. The number of methoxy groups -OCH3 is 1. The van der Waals surface area contributed by atoms with Gasteiger partial charge in [0.1, 0.15) is 0 Å². The standard InChI is InChI=1S/C23H39N3O7.C2H6/c1-22(2,31-5)12-17-33-23(3,4)11-16-32-21(30)25-14-7-13-24-18(27)8-6-15-26-19(28)9-10-20(26)29;1-2/h9-10H,6-8,11-17H2,1-5H3,(H,24,27)(H,25,30);1-2H3. The molecule has 202 valence electrons. The number of alkyl carbamates (subject to hydrolysis) is 1. The van der Waals surface area contributed by atoms with Gasteiger partial charge >= 0.3 is 6.09 Å². The van der Waals surface area contributed by atoms with Crippen LogP contribution in [0.4, 0.5) is 4.79 Å². The third-order valence-electron chi connectivity index (χ3n) is 5.32. The van der Waals surface area contributed by atoms with Crippen molar-refractivity contribution in [2.24, 2.45) is 0 Å². The first kappa shape index (κ1) is 32.5. The second kappa shape index (κ2) is 17.0. The van der Waals surface area contributed by atoms with E-state index in [4.69, 9.17) is 14.2 Å². The van der Waals surface area contributed by atoms with Crippen molar-refractivity contribution in [3.63, 3.8) is 0 Å². The predicted molar refractivity (Wildman–Crippen MR) is 134 cm³/mol. The Morgan fingerprint density at radius 3 is 2.06 bits per heavy atom. The van der Waals surface area contributed by atoms with Gasteiger partial charge in [-0.05, 0) is 47.0 Å². The minimum Gasteiger partial charge on any atom is -0.449 e. The Morgan fingerprint density at radius 2 is 1.46 bits per heavy atom. The Bertz CT molecular complexity index is 687. The topological polar surface area (TPSA) is 123 Å². The molecule has 0 unspecified atom stereocenters. The number of rotatable bonds is 16. The van der Waals surface area contributed by atoms with Crippen molar-refractivity contribution >= 4 is 23.8 Å². The number of nitrogens with one attached hydrogen (secondary N) is 2. The number of ether oxygens (including phenoxy) is 3. The summed E-state index contributed by atoms with van der Waals surface area (Å²) in [5.74, 6) is -0.859. The maximum absolute atomic E-state index is 11.8. The molecule has 0 spiro atoms. The molecular formula is C25H45N3O7. The van der Waals surface area contributed by atoms with Gasteiger partial charge in [0.15, 0.2) is 0 Å². The van der Waals surface area contributed by atoms with Crippen LogP contribution in [-0.2, 0) is 28.6 Å². The quantitative estimate of drug-likeness (QED) is 0.247. The molecule has 0 aromatic rings. The maximum Gasteiger partial charge on any atom is 0.407 e. The maximum atomic E-state index is 11.8. The fourth-order valence-electron chi connectivity index (χ4n) is 2.83. The van der Waals surface area contributed by atoms with Gasteiger partial charge in [0, 0.05) is 51.7 Å². The molecular weight excluding hydrogens is 454 g/mol. The highest BCUT2D eigenvalue weighted by atomic mass is 16.6. The lowest BCUT2D eigenvalue weighted by atomic mass is 10.0. The average molecular weight is 500 g/mol. The summed E-state index contributed by atoms with van der Waals surface area (Å²) in [4.78, 5) is 47.6. The largest absolute Gasteiger partial charge is 0.449 e. The lowest BCUT2D eigenvalue weighted by molar-refractivity contribution is -0.137. The Morgan fingerprint density at radius 1 is 0.886 bits per heavy atom. The monoisotopic (exact) mass is 499 g/mol. The van der Waals surface area contributed by atoms with Crippen molar-refractivity contribution in [2.45, 2.75) is 84.8 Å².